The molecule has 0 aliphatic carbocycles. The van der Waals surface area contributed by atoms with E-state index in [4.69, 9.17) is 21.1 Å². The Labute approximate surface area is 216 Å². The Bertz CT molecular complexity index is 1460. The van der Waals surface area contributed by atoms with Gasteiger partial charge in [-0.15, -0.1) is 0 Å². The number of hydrogen-bond acceptors (Lipinski definition) is 6. The lowest BCUT2D eigenvalue weighted by atomic mass is 10.1. The van der Waals surface area contributed by atoms with E-state index in [0.717, 1.165) is 17.0 Å². The molecule has 0 bridgehead atoms. The zero-order valence-corrected chi connectivity index (χ0v) is 20.2. The van der Waals surface area contributed by atoms with Gasteiger partial charge >= 0.3 is 6.03 Å². The number of nitriles is 1. The molecule has 0 saturated carbocycles. The molecule has 3 aromatic carbocycles. The van der Waals surface area contributed by atoms with Gasteiger partial charge in [0.05, 0.1) is 28.9 Å². The van der Waals surface area contributed by atoms with Gasteiger partial charge < -0.3 is 9.47 Å². The number of barbiturate groups is 1. The van der Waals surface area contributed by atoms with Crippen LogP contribution in [0.3, 0.4) is 0 Å². The van der Waals surface area contributed by atoms with Crippen molar-refractivity contribution in [3.05, 3.63) is 93.8 Å². The first-order valence-corrected chi connectivity index (χ1v) is 11.4. The third kappa shape index (κ3) is 5.44. The number of anilines is 1. The Morgan fingerprint density at radius 3 is 2.51 bits per heavy atom. The zero-order valence-electron chi connectivity index (χ0n) is 19.5. The molecule has 10 heteroatoms. The molecule has 0 aromatic heterocycles. The van der Waals surface area contributed by atoms with Crippen LogP contribution in [0.1, 0.15) is 23.6 Å². The number of ether oxygens (including phenoxy) is 2. The molecule has 4 amide bonds. The van der Waals surface area contributed by atoms with Crippen molar-refractivity contribution in [2.24, 2.45) is 0 Å². The average molecular weight is 520 g/mol. The first kappa shape index (κ1) is 25.4. The van der Waals surface area contributed by atoms with Gasteiger partial charge in [0.2, 0.25) is 0 Å². The van der Waals surface area contributed by atoms with E-state index in [1.54, 1.807) is 31.2 Å². The fourth-order valence-corrected chi connectivity index (χ4v) is 3.90. The maximum Gasteiger partial charge on any atom is 0.335 e. The van der Waals surface area contributed by atoms with Crippen molar-refractivity contribution in [2.75, 3.05) is 11.5 Å². The van der Waals surface area contributed by atoms with E-state index < -0.39 is 23.7 Å². The second kappa shape index (κ2) is 10.9. The summed E-state index contributed by atoms with van der Waals surface area (Å²) in [4.78, 5) is 38.7. The van der Waals surface area contributed by atoms with Crippen LogP contribution in [0.5, 0.6) is 11.5 Å². The van der Waals surface area contributed by atoms with Gasteiger partial charge in [0.1, 0.15) is 18.0 Å². The molecule has 0 atom stereocenters. The molecule has 0 radical (unpaired) electrons. The summed E-state index contributed by atoms with van der Waals surface area (Å²) in [6, 6.07) is 15.8. The summed E-state index contributed by atoms with van der Waals surface area (Å²) in [6.07, 6.45) is 1.27. The molecule has 0 spiro atoms. The molecule has 1 saturated heterocycles. The first-order valence-electron chi connectivity index (χ1n) is 11.1. The molecule has 1 N–H and O–H groups in total. The zero-order chi connectivity index (χ0) is 26.5. The van der Waals surface area contributed by atoms with Gasteiger partial charge in [-0.3, -0.25) is 14.9 Å². The standard InChI is InChI=1S/C27H19ClFN3O5/c1-2-36-23-13-16(12-22(28)24(23)37-15-18-6-4-3-5-17(18)14-30)11-21-25(33)31-27(35)32(26(21)34)20-9-7-19(29)8-10-20/h3-13H,2,15H2,1H3,(H,31,33,35)/b21-11+. The number of hydrogen-bond donors (Lipinski definition) is 1. The highest BCUT2D eigenvalue weighted by Crippen LogP contribution is 2.38. The Kier molecular flexibility index (Phi) is 7.51. The average Bonchev–Trinajstić information content (AvgIpc) is 2.87. The van der Waals surface area contributed by atoms with E-state index in [2.05, 4.69) is 11.4 Å². The van der Waals surface area contributed by atoms with Crippen LogP contribution >= 0.6 is 11.6 Å². The van der Waals surface area contributed by atoms with Crippen molar-refractivity contribution >= 4 is 41.2 Å². The van der Waals surface area contributed by atoms with Gasteiger partial charge in [-0.1, -0.05) is 29.8 Å². The van der Waals surface area contributed by atoms with Crippen LogP contribution in [-0.2, 0) is 16.2 Å². The maximum atomic E-state index is 13.3. The lowest BCUT2D eigenvalue weighted by Gasteiger charge is -2.26. The number of halogens is 2. The smallest absolute Gasteiger partial charge is 0.335 e. The molecule has 1 aliphatic heterocycles. The predicted octanol–water partition coefficient (Wildman–Crippen LogP) is 4.99. The Morgan fingerprint density at radius 2 is 1.81 bits per heavy atom. The summed E-state index contributed by atoms with van der Waals surface area (Å²) >= 11 is 6.48. The minimum atomic E-state index is -0.951. The highest BCUT2D eigenvalue weighted by molar-refractivity contribution is 6.39. The normalized spacial score (nSPS) is 14.4. The molecule has 3 aromatic rings. The topological polar surface area (TPSA) is 109 Å². The van der Waals surface area contributed by atoms with E-state index in [1.807, 2.05) is 0 Å². The van der Waals surface area contributed by atoms with Gasteiger partial charge in [-0.2, -0.15) is 5.26 Å². The summed E-state index contributed by atoms with van der Waals surface area (Å²) < 4.78 is 24.9. The predicted molar refractivity (Wildman–Crippen MR) is 134 cm³/mol. The third-order valence-corrected chi connectivity index (χ3v) is 5.62. The SMILES string of the molecule is CCOc1cc(/C=C2\C(=O)NC(=O)N(c3ccc(F)cc3)C2=O)cc(Cl)c1OCc1ccccc1C#N. The number of nitrogens with zero attached hydrogens (tertiary/aromatic N) is 2. The van der Waals surface area contributed by atoms with Crippen molar-refractivity contribution in [1.29, 1.82) is 5.26 Å². The Hall–Kier alpha value is -4.68. The van der Waals surface area contributed by atoms with E-state index in [0.29, 0.717) is 16.7 Å². The summed E-state index contributed by atoms with van der Waals surface area (Å²) in [7, 11) is 0. The molecule has 37 heavy (non-hydrogen) atoms. The number of benzene rings is 3. The highest BCUT2D eigenvalue weighted by atomic mass is 35.5. The summed E-state index contributed by atoms with van der Waals surface area (Å²) in [6.45, 7) is 2.09. The van der Waals surface area contributed by atoms with Crippen molar-refractivity contribution in [2.45, 2.75) is 13.5 Å². The van der Waals surface area contributed by atoms with Crippen molar-refractivity contribution in [3.63, 3.8) is 0 Å². The molecular weight excluding hydrogens is 501 g/mol. The molecule has 186 valence electrons. The van der Waals surface area contributed by atoms with Gasteiger partial charge in [0.15, 0.2) is 11.5 Å². The van der Waals surface area contributed by atoms with Crippen LogP contribution in [0.15, 0.2) is 66.2 Å². The highest BCUT2D eigenvalue weighted by Gasteiger charge is 2.37. The molecule has 1 fully saturated rings. The van der Waals surface area contributed by atoms with Gasteiger partial charge in [0, 0.05) is 5.56 Å². The molecule has 1 heterocycles. The van der Waals surface area contributed by atoms with Crippen LogP contribution < -0.4 is 19.7 Å². The molecule has 4 rings (SSSR count). The van der Waals surface area contributed by atoms with Gasteiger partial charge in [-0.25, -0.2) is 14.1 Å². The van der Waals surface area contributed by atoms with E-state index in [9.17, 15) is 24.0 Å². The minimum absolute atomic E-state index is 0.0552. The monoisotopic (exact) mass is 519 g/mol. The van der Waals surface area contributed by atoms with Gasteiger partial charge in [-0.05, 0) is 61.0 Å². The van der Waals surface area contributed by atoms with Crippen molar-refractivity contribution < 1.29 is 28.2 Å². The van der Waals surface area contributed by atoms with Crippen LogP contribution in [0, 0.1) is 17.1 Å². The lowest BCUT2D eigenvalue weighted by molar-refractivity contribution is -0.122. The summed E-state index contributed by atoms with van der Waals surface area (Å²) in [5.74, 6) is -1.84. The van der Waals surface area contributed by atoms with E-state index in [1.165, 1.54) is 30.3 Å². The molecule has 8 nitrogen and oxygen atoms in total. The van der Waals surface area contributed by atoms with Crippen LogP contribution in [0.2, 0.25) is 5.02 Å². The molecule has 0 unspecified atom stereocenters. The van der Waals surface area contributed by atoms with Crippen molar-refractivity contribution in [1.82, 2.24) is 5.32 Å². The van der Waals surface area contributed by atoms with Crippen LogP contribution in [-0.4, -0.2) is 24.5 Å². The van der Waals surface area contributed by atoms with E-state index >= 15 is 0 Å². The number of urea groups is 1. The molecule has 1 aliphatic rings. The summed E-state index contributed by atoms with van der Waals surface area (Å²) in [5, 5.41) is 11.5. The van der Waals surface area contributed by atoms with Crippen LogP contribution in [0.4, 0.5) is 14.9 Å². The Morgan fingerprint density at radius 1 is 1.08 bits per heavy atom. The second-order valence-electron chi connectivity index (χ2n) is 7.75. The Balaban J connectivity index is 1.67. The number of amides is 4. The second-order valence-corrected chi connectivity index (χ2v) is 8.16. The lowest BCUT2D eigenvalue weighted by Crippen LogP contribution is -2.54. The quantitative estimate of drug-likeness (QED) is 0.348. The summed E-state index contributed by atoms with van der Waals surface area (Å²) in [5.41, 5.74) is 1.21. The van der Waals surface area contributed by atoms with Crippen molar-refractivity contribution in [3.8, 4) is 17.6 Å². The number of carbonyl (C=O) groups is 3. The third-order valence-electron chi connectivity index (χ3n) is 5.34. The molecular formula is C27H19ClFN3O5. The van der Waals surface area contributed by atoms with Gasteiger partial charge in [0.25, 0.3) is 11.8 Å². The number of imide groups is 2. The number of carbonyl (C=O) groups excluding carboxylic acids is 3. The number of rotatable bonds is 7. The number of nitrogens with one attached hydrogen (secondary N) is 1. The first-order chi connectivity index (χ1) is 17.8. The van der Waals surface area contributed by atoms with Crippen LogP contribution in [0.25, 0.3) is 6.08 Å². The largest absolute Gasteiger partial charge is 0.490 e. The maximum absolute atomic E-state index is 13.3. The fourth-order valence-electron chi connectivity index (χ4n) is 3.63. The fraction of sp³-hybridized carbons (Fsp3) is 0.111. The van der Waals surface area contributed by atoms with E-state index in [-0.39, 0.29) is 41.0 Å². The minimum Gasteiger partial charge on any atom is -0.490 e.